The SMILES string of the molecule is COc1c(Nc2cc(C)[nH]n2)nc(N(CC(=O)O)c2ccc(S(C)(=O)=O)cc2F)nc1-c1cnn(C)c1. The summed E-state index contributed by atoms with van der Waals surface area (Å²) in [6.45, 7) is 1.08. The zero-order valence-corrected chi connectivity index (χ0v) is 21.0. The second-order valence-corrected chi connectivity index (χ2v) is 10.1. The largest absolute Gasteiger partial charge is 0.491 e. The van der Waals surface area contributed by atoms with E-state index in [9.17, 15) is 18.3 Å². The van der Waals surface area contributed by atoms with Crippen molar-refractivity contribution < 1.29 is 27.4 Å². The minimum Gasteiger partial charge on any atom is -0.491 e. The van der Waals surface area contributed by atoms with E-state index in [2.05, 4.69) is 30.6 Å². The molecule has 37 heavy (non-hydrogen) atoms. The van der Waals surface area contributed by atoms with Crippen LogP contribution in [0.1, 0.15) is 5.69 Å². The van der Waals surface area contributed by atoms with E-state index in [0.29, 0.717) is 11.4 Å². The molecule has 0 fully saturated rings. The number of carboxylic acids is 1. The van der Waals surface area contributed by atoms with E-state index < -0.39 is 28.2 Å². The summed E-state index contributed by atoms with van der Waals surface area (Å²) in [6, 6.07) is 4.87. The highest BCUT2D eigenvalue weighted by Crippen LogP contribution is 2.38. The van der Waals surface area contributed by atoms with Crippen LogP contribution < -0.4 is 15.0 Å². The molecule has 1 aromatic carbocycles. The van der Waals surface area contributed by atoms with Crippen LogP contribution in [0.5, 0.6) is 5.75 Å². The average molecular weight is 531 g/mol. The summed E-state index contributed by atoms with van der Waals surface area (Å²) in [5.74, 6) is -1.73. The third-order valence-electron chi connectivity index (χ3n) is 5.16. The Morgan fingerprint density at radius 3 is 2.59 bits per heavy atom. The Morgan fingerprint density at radius 1 is 1.30 bits per heavy atom. The number of aromatic nitrogens is 6. The Morgan fingerprint density at radius 2 is 2.05 bits per heavy atom. The van der Waals surface area contributed by atoms with Gasteiger partial charge in [0.05, 0.1) is 23.9 Å². The Balaban J connectivity index is 1.93. The maximum atomic E-state index is 15.2. The molecule has 0 atom stereocenters. The average Bonchev–Trinajstić information content (AvgIpc) is 3.44. The molecule has 4 rings (SSSR count). The summed E-state index contributed by atoms with van der Waals surface area (Å²) < 4.78 is 46.0. The monoisotopic (exact) mass is 530 g/mol. The minimum absolute atomic E-state index is 0.126. The Bertz CT molecular complexity index is 1580. The molecule has 0 radical (unpaired) electrons. The molecule has 0 spiro atoms. The van der Waals surface area contributed by atoms with Crippen LogP contribution in [0.2, 0.25) is 0 Å². The van der Waals surface area contributed by atoms with Crippen LogP contribution in [0.25, 0.3) is 11.3 Å². The smallest absolute Gasteiger partial charge is 0.323 e. The molecule has 0 bridgehead atoms. The van der Waals surface area contributed by atoms with Gasteiger partial charge >= 0.3 is 5.97 Å². The summed E-state index contributed by atoms with van der Waals surface area (Å²) in [6.07, 6.45) is 4.14. The van der Waals surface area contributed by atoms with Crippen molar-refractivity contribution in [2.45, 2.75) is 11.8 Å². The van der Waals surface area contributed by atoms with Gasteiger partial charge in [-0.25, -0.2) is 17.8 Å². The minimum atomic E-state index is -3.70. The quantitative estimate of drug-likeness (QED) is 0.291. The lowest BCUT2D eigenvalue weighted by atomic mass is 10.2. The summed E-state index contributed by atoms with van der Waals surface area (Å²) in [4.78, 5) is 21.5. The van der Waals surface area contributed by atoms with Crippen LogP contribution in [-0.2, 0) is 21.7 Å². The maximum absolute atomic E-state index is 15.2. The first-order valence-electron chi connectivity index (χ1n) is 10.7. The molecule has 15 heteroatoms. The van der Waals surface area contributed by atoms with E-state index in [1.165, 1.54) is 19.4 Å². The normalized spacial score (nSPS) is 11.4. The molecule has 4 aromatic rings. The van der Waals surface area contributed by atoms with Crippen molar-refractivity contribution in [1.29, 1.82) is 0 Å². The molecule has 0 unspecified atom stereocenters. The first kappa shape index (κ1) is 25.6. The number of ether oxygens (including phenoxy) is 1. The van der Waals surface area contributed by atoms with Gasteiger partial charge in [-0.2, -0.15) is 15.2 Å². The number of hydrogen-bond donors (Lipinski definition) is 3. The van der Waals surface area contributed by atoms with Gasteiger partial charge in [0.2, 0.25) is 5.95 Å². The van der Waals surface area contributed by atoms with E-state index in [1.807, 2.05) is 0 Å². The molecule has 0 saturated carbocycles. The Hall–Kier alpha value is -4.53. The standard InChI is InChI=1S/C22H23FN8O5S/c1-12-7-17(29-28-12)25-21-20(36-3)19(13-9-24-30(2)10-13)26-22(27-21)31(11-18(32)33)16-6-5-14(8-15(16)23)37(4,34)35/h5-10H,11H2,1-4H3,(H,32,33)(H2,25,26,27,28,29). The number of H-pyrrole nitrogens is 1. The molecular formula is C22H23FN8O5S. The van der Waals surface area contributed by atoms with Crippen molar-refractivity contribution in [3.63, 3.8) is 0 Å². The van der Waals surface area contributed by atoms with E-state index in [0.717, 1.165) is 29.0 Å². The van der Waals surface area contributed by atoms with Crippen molar-refractivity contribution in [2.24, 2.45) is 7.05 Å². The van der Waals surface area contributed by atoms with E-state index >= 15 is 4.39 Å². The lowest BCUT2D eigenvalue weighted by molar-refractivity contribution is -0.135. The molecule has 0 saturated heterocycles. The number of anilines is 4. The number of sulfone groups is 1. The summed E-state index contributed by atoms with van der Waals surface area (Å²) in [5, 5.41) is 23.7. The van der Waals surface area contributed by atoms with E-state index in [-0.39, 0.29) is 33.8 Å². The molecule has 13 nitrogen and oxygen atoms in total. The van der Waals surface area contributed by atoms with Crippen LogP contribution in [0.15, 0.2) is 41.6 Å². The van der Waals surface area contributed by atoms with Crippen molar-refractivity contribution in [2.75, 3.05) is 30.1 Å². The first-order chi connectivity index (χ1) is 17.5. The van der Waals surface area contributed by atoms with Crippen LogP contribution in [-0.4, -0.2) is 69.3 Å². The molecule has 0 amide bonds. The van der Waals surface area contributed by atoms with Gasteiger partial charge in [0.1, 0.15) is 18.1 Å². The second kappa shape index (κ2) is 9.85. The molecule has 194 valence electrons. The number of halogens is 1. The highest BCUT2D eigenvalue weighted by molar-refractivity contribution is 7.90. The van der Waals surface area contributed by atoms with Crippen LogP contribution in [0.4, 0.5) is 27.7 Å². The van der Waals surface area contributed by atoms with Gasteiger partial charge in [-0.05, 0) is 25.1 Å². The number of nitrogens with zero attached hydrogens (tertiary/aromatic N) is 6. The number of methoxy groups -OCH3 is 1. The van der Waals surface area contributed by atoms with Gasteiger partial charge in [-0.3, -0.25) is 19.5 Å². The number of aromatic amines is 1. The summed E-state index contributed by atoms with van der Waals surface area (Å²) in [7, 11) is -0.574. The van der Waals surface area contributed by atoms with Crippen LogP contribution in [0.3, 0.4) is 0 Å². The number of nitrogens with one attached hydrogen (secondary N) is 2. The second-order valence-electron chi connectivity index (χ2n) is 8.08. The molecule has 3 heterocycles. The zero-order valence-electron chi connectivity index (χ0n) is 20.2. The van der Waals surface area contributed by atoms with Crippen LogP contribution in [0, 0.1) is 12.7 Å². The van der Waals surface area contributed by atoms with Gasteiger partial charge in [0, 0.05) is 36.8 Å². The van der Waals surface area contributed by atoms with Crippen molar-refractivity contribution in [3.05, 3.63) is 48.2 Å². The molecule has 0 aliphatic rings. The Labute approximate surface area is 210 Å². The molecule has 3 aromatic heterocycles. The number of hydrogen-bond acceptors (Lipinski definition) is 10. The summed E-state index contributed by atoms with van der Waals surface area (Å²) >= 11 is 0. The highest BCUT2D eigenvalue weighted by Gasteiger charge is 2.26. The Kier molecular flexibility index (Phi) is 6.80. The fraction of sp³-hybridized carbons (Fsp3) is 0.227. The van der Waals surface area contributed by atoms with Gasteiger partial charge in [-0.15, -0.1) is 0 Å². The van der Waals surface area contributed by atoms with Gasteiger partial charge in [0.15, 0.2) is 27.2 Å². The number of aliphatic carboxylic acids is 1. The molecule has 3 N–H and O–H groups in total. The van der Waals surface area contributed by atoms with Gasteiger partial charge < -0.3 is 15.2 Å². The topological polar surface area (TPSA) is 168 Å². The van der Waals surface area contributed by atoms with Gasteiger partial charge in [0.25, 0.3) is 0 Å². The van der Waals surface area contributed by atoms with Crippen LogP contribution >= 0.6 is 0 Å². The molecular weight excluding hydrogens is 507 g/mol. The third-order valence-corrected chi connectivity index (χ3v) is 6.27. The van der Waals surface area contributed by atoms with Gasteiger partial charge in [-0.1, -0.05) is 0 Å². The number of carboxylic acid groups (broad SMARTS) is 1. The first-order valence-corrected chi connectivity index (χ1v) is 12.6. The zero-order chi connectivity index (χ0) is 26.9. The van der Waals surface area contributed by atoms with E-state index in [4.69, 9.17) is 4.74 Å². The fourth-order valence-electron chi connectivity index (χ4n) is 3.52. The predicted octanol–water partition coefficient (Wildman–Crippen LogP) is 2.43. The summed E-state index contributed by atoms with van der Waals surface area (Å²) in [5.41, 5.74) is 1.30. The van der Waals surface area contributed by atoms with Crippen molar-refractivity contribution in [1.82, 2.24) is 29.9 Å². The van der Waals surface area contributed by atoms with Crippen molar-refractivity contribution >= 4 is 39.1 Å². The maximum Gasteiger partial charge on any atom is 0.323 e. The number of aryl methyl sites for hydroxylation is 2. The van der Waals surface area contributed by atoms with E-state index in [1.54, 1.807) is 30.9 Å². The lowest BCUT2D eigenvalue weighted by Crippen LogP contribution is -2.28. The number of carbonyl (C=O) groups is 1. The number of rotatable bonds is 9. The third kappa shape index (κ3) is 5.50. The fourth-order valence-corrected chi connectivity index (χ4v) is 4.15. The highest BCUT2D eigenvalue weighted by atomic mass is 32.2. The molecule has 0 aliphatic carbocycles. The lowest BCUT2D eigenvalue weighted by Gasteiger charge is -2.23. The molecule has 0 aliphatic heterocycles. The number of benzene rings is 1. The van der Waals surface area contributed by atoms with Crippen molar-refractivity contribution in [3.8, 4) is 17.0 Å². The predicted molar refractivity (Wildman–Crippen MR) is 132 cm³/mol.